The number of carbonyl (C=O) groups is 1. The molecule has 0 saturated heterocycles. The van der Waals surface area contributed by atoms with Crippen molar-refractivity contribution in [2.24, 2.45) is 0 Å². The molecule has 0 saturated carbocycles. The molecule has 3 N–H and O–H groups in total. The number of nitrogen functional groups attached to an aromatic ring is 1. The molecule has 2 aromatic rings. The van der Waals surface area contributed by atoms with Crippen molar-refractivity contribution >= 4 is 96.8 Å². The highest BCUT2D eigenvalue weighted by Crippen LogP contribution is 2.28. The number of carbonyl (C=O) groups excluding carboxylic acids is 1. The van der Waals surface area contributed by atoms with Gasteiger partial charge in [-0.05, 0) is 92.0 Å². The largest absolute Gasteiger partial charge is 0.397 e. The van der Waals surface area contributed by atoms with Gasteiger partial charge in [-0.15, -0.1) is 0 Å². The summed E-state index contributed by atoms with van der Waals surface area (Å²) in [6.07, 6.45) is 1.67. The van der Waals surface area contributed by atoms with Crippen LogP contribution in [-0.4, -0.2) is 16.6 Å². The van der Waals surface area contributed by atoms with Crippen molar-refractivity contribution in [1.29, 1.82) is 0 Å². The van der Waals surface area contributed by atoms with Crippen molar-refractivity contribution in [3.63, 3.8) is 0 Å². The smallest absolute Gasteiger partial charge is 0.234 e. The molecule has 0 radical (unpaired) electrons. The lowest BCUT2D eigenvalue weighted by Gasteiger charge is -2.10. The number of thioether (sulfide) groups is 1. The van der Waals surface area contributed by atoms with Crippen LogP contribution < -0.4 is 11.1 Å². The van der Waals surface area contributed by atoms with E-state index in [9.17, 15) is 4.79 Å². The zero-order chi connectivity index (χ0) is 15.4. The molecule has 4 nitrogen and oxygen atoms in total. The van der Waals surface area contributed by atoms with Gasteiger partial charge in [0.05, 0.1) is 17.1 Å². The summed E-state index contributed by atoms with van der Waals surface area (Å²) in [6.45, 7) is 0. The van der Waals surface area contributed by atoms with Gasteiger partial charge in [-0.25, -0.2) is 4.98 Å². The number of amides is 1. The van der Waals surface area contributed by atoms with Gasteiger partial charge in [0.25, 0.3) is 0 Å². The second kappa shape index (κ2) is 8.15. The second-order valence-electron chi connectivity index (χ2n) is 3.98. The molecule has 1 heterocycles. The molecule has 21 heavy (non-hydrogen) atoms. The number of hydrogen-bond donors (Lipinski definition) is 2. The molecule has 1 aromatic heterocycles. The summed E-state index contributed by atoms with van der Waals surface area (Å²) >= 11 is 8.05. The molecule has 0 aliphatic carbocycles. The van der Waals surface area contributed by atoms with Crippen molar-refractivity contribution in [1.82, 2.24) is 4.98 Å². The fourth-order valence-electron chi connectivity index (χ4n) is 1.49. The Hall–Kier alpha value is 0.180. The monoisotopic (exact) mass is 637 g/mol. The van der Waals surface area contributed by atoms with Gasteiger partial charge in [0, 0.05) is 16.9 Å². The van der Waals surface area contributed by atoms with Gasteiger partial charge in [-0.3, -0.25) is 4.79 Å². The molecule has 110 valence electrons. The molecule has 1 aromatic carbocycles. The van der Waals surface area contributed by atoms with E-state index in [2.05, 4.69) is 78.1 Å². The van der Waals surface area contributed by atoms with Crippen LogP contribution in [0.5, 0.6) is 0 Å². The van der Waals surface area contributed by atoms with E-state index in [1.807, 2.05) is 12.1 Å². The number of nitrogens with two attached hydrogens (primary N) is 1. The van der Waals surface area contributed by atoms with Gasteiger partial charge in [0.15, 0.2) is 0 Å². The summed E-state index contributed by atoms with van der Waals surface area (Å²) in [5, 5.41) is 3.63. The highest BCUT2D eigenvalue weighted by Gasteiger charge is 2.11. The standard InChI is InChI=1S/C13H10I3N3OS/c14-7-4-8(15)12(9(16)5-7)19-11(20)6-21-13-10(17)2-1-3-18-13/h1-5H,6,17H2,(H,19,20). The molecule has 0 fully saturated rings. The second-order valence-corrected chi connectivity index (χ2v) is 8.51. The molecular weight excluding hydrogens is 627 g/mol. The number of rotatable bonds is 4. The molecule has 2 rings (SSSR count). The molecule has 0 bridgehead atoms. The summed E-state index contributed by atoms with van der Waals surface area (Å²) < 4.78 is 3.20. The summed E-state index contributed by atoms with van der Waals surface area (Å²) in [5.74, 6) is 0.210. The molecule has 8 heteroatoms. The SMILES string of the molecule is Nc1cccnc1SCC(=O)Nc1c(I)cc(I)cc1I. The molecular formula is C13H10I3N3OS. The highest BCUT2D eigenvalue weighted by molar-refractivity contribution is 14.1. The van der Waals surface area contributed by atoms with E-state index in [0.717, 1.165) is 16.4 Å². The lowest BCUT2D eigenvalue weighted by molar-refractivity contribution is -0.113. The summed E-state index contributed by atoms with van der Waals surface area (Å²) in [6, 6.07) is 7.61. The summed E-state index contributed by atoms with van der Waals surface area (Å²) in [4.78, 5) is 16.2. The molecule has 0 atom stereocenters. The van der Waals surface area contributed by atoms with E-state index >= 15 is 0 Å². The quantitative estimate of drug-likeness (QED) is 0.390. The number of halogens is 3. The predicted molar refractivity (Wildman–Crippen MR) is 113 cm³/mol. The molecule has 0 aliphatic heterocycles. The van der Waals surface area contributed by atoms with Crippen LogP contribution in [0.2, 0.25) is 0 Å². The minimum Gasteiger partial charge on any atom is -0.397 e. The van der Waals surface area contributed by atoms with Gasteiger partial charge in [0.2, 0.25) is 5.91 Å². The van der Waals surface area contributed by atoms with Gasteiger partial charge in [-0.1, -0.05) is 11.8 Å². The van der Waals surface area contributed by atoms with Crippen LogP contribution in [-0.2, 0) is 4.79 Å². The average Bonchev–Trinajstić information content (AvgIpc) is 2.42. The number of nitrogens with zero attached hydrogens (tertiary/aromatic N) is 1. The maximum absolute atomic E-state index is 12.1. The molecule has 0 spiro atoms. The van der Waals surface area contributed by atoms with Crippen LogP contribution in [0.3, 0.4) is 0 Å². The van der Waals surface area contributed by atoms with Crippen LogP contribution in [0, 0.1) is 10.7 Å². The summed E-state index contributed by atoms with van der Waals surface area (Å²) in [5.41, 5.74) is 7.25. The normalized spacial score (nSPS) is 10.4. The Morgan fingerprint density at radius 1 is 1.29 bits per heavy atom. The van der Waals surface area contributed by atoms with E-state index in [1.54, 1.807) is 18.3 Å². The van der Waals surface area contributed by atoms with Gasteiger partial charge < -0.3 is 11.1 Å². The van der Waals surface area contributed by atoms with Crippen molar-refractivity contribution < 1.29 is 4.79 Å². The van der Waals surface area contributed by atoms with E-state index in [1.165, 1.54) is 11.8 Å². The van der Waals surface area contributed by atoms with E-state index in [-0.39, 0.29) is 11.7 Å². The Morgan fingerprint density at radius 2 is 1.95 bits per heavy atom. The number of anilines is 2. The van der Waals surface area contributed by atoms with Crippen LogP contribution in [0.1, 0.15) is 0 Å². The van der Waals surface area contributed by atoms with Crippen LogP contribution >= 0.6 is 79.5 Å². The Kier molecular flexibility index (Phi) is 6.80. The first-order valence-electron chi connectivity index (χ1n) is 5.75. The third-order valence-corrected chi connectivity index (χ3v) is 5.76. The van der Waals surface area contributed by atoms with Crippen molar-refractivity contribution in [2.75, 3.05) is 16.8 Å². The Balaban J connectivity index is 2.01. The van der Waals surface area contributed by atoms with Crippen LogP contribution in [0.4, 0.5) is 11.4 Å². The first-order chi connectivity index (χ1) is 9.97. The lowest BCUT2D eigenvalue weighted by Crippen LogP contribution is -2.16. The number of hydrogen-bond acceptors (Lipinski definition) is 4. The van der Waals surface area contributed by atoms with Gasteiger partial charge >= 0.3 is 0 Å². The summed E-state index contributed by atoms with van der Waals surface area (Å²) in [7, 11) is 0. The third-order valence-electron chi connectivity index (χ3n) is 2.41. The number of pyridine rings is 1. The van der Waals surface area contributed by atoms with Crippen molar-refractivity contribution in [2.45, 2.75) is 5.03 Å². The van der Waals surface area contributed by atoms with E-state index in [4.69, 9.17) is 5.73 Å². The van der Waals surface area contributed by atoms with Crippen molar-refractivity contribution in [3.05, 3.63) is 41.2 Å². The Labute approximate surface area is 167 Å². The van der Waals surface area contributed by atoms with Gasteiger partial charge in [-0.2, -0.15) is 0 Å². The Bertz CT molecular complexity index is 658. The predicted octanol–water partition coefficient (Wildman–Crippen LogP) is 4.21. The van der Waals surface area contributed by atoms with Gasteiger partial charge in [0.1, 0.15) is 5.03 Å². The first-order valence-corrected chi connectivity index (χ1v) is 9.97. The van der Waals surface area contributed by atoms with E-state index in [0.29, 0.717) is 10.7 Å². The number of aromatic nitrogens is 1. The molecule has 0 aliphatic rings. The fourth-order valence-corrected chi connectivity index (χ4v) is 6.06. The maximum atomic E-state index is 12.1. The van der Waals surface area contributed by atoms with Crippen LogP contribution in [0.15, 0.2) is 35.5 Å². The van der Waals surface area contributed by atoms with Crippen molar-refractivity contribution in [3.8, 4) is 0 Å². The fraction of sp³-hybridized carbons (Fsp3) is 0.0769. The third kappa shape index (κ3) is 5.10. The average molecular weight is 637 g/mol. The minimum atomic E-state index is -0.0675. The zero-order valence-corrected chi connectivity index (χ0v) is 17.9. The minimum absolute atomic E-state index is 0.0675. The van der Waals surface area contributed by atoms with E-state index < -0.39 is 0 Å². The maximum Gasteiger partial charge on any atom is 0.234 e. The highest BCUT2D eigenvalue weighted by atomic mass is 127. The molecule has 0 unspecified atom stereocenters. The topological polar surface area (TPSA) is 68.0 Å². The Morgan fingerprint density at radius 3 is 2.57 bits per heavy atom. The first kappa shape index (κ1) is 17.5. The molecule has 1 amide bonds. The van der Waals surface area contributed by atoms with Crippen LogP contribution in [0.25, 0.3) is 0 Å². The number of nitrogens with one attached hydrogen (secondary N) is 1. The lowest BCUT2D eigenvalue weighted by atomic mass is 10.3. The zero-order valence-electron chi connectivity index (χ0n) is 10.6. The number of benzene rings is 1.